The lowest BCUT2D eigenvalue weighted by molar-refractivity contribution is -0.113. The van der Waals surface area contributed by atoms with Gasteiger partial charge in [0.25, 0.3) is 0 Å². The SMILES string of the molecule is O=C(CSc1nnc(-c2cccnc2)n1-c1ccccc1)Nc1ccccc1SCc1ccc(Cl)cc1. The molecule has 2 heterocycles. The Balaban J connectivity index is 1.29. The highest BCUT2D eigenvalue weighted by molar-refractivity contribution is 7.99. The molecular weight excluding hydrogens is 522 g/mol. The number of halogens is 1. The van der Waals surface area contributed by atoms with Crippen molar-refractivity contribution in [1.82, 2.24) is 19.7 Å². The fourth-order valence-corrected chi connectivity index (χ4v) is 5.45. The zero-order valence-electron chi connectivity index (χ0n) is 19.6. The van der Waals surface area contributed by atoms with Crippen LogP contribution in [0.3, 0.4) is 0 Å². The van der Waals surface area contributed by atoms with Crippen LogP contribution in [0.5, 0.6) is 0 Å². The van der Waals surface area contributed by atoms with Gasteiger partial charge in [-0.3, -0.25) is 14.3 Å². The fourth-order valence-electron chi connectivity index (χ4n) is 3.61. The predicted octanol–water partition coefficient (Wildman–Crippen LogP) is 7.01. The minimum absolute atomic E-state index is 0.116. The molecule has 5 rings (SSSR count). The largest absolute Gasteiger partial charge is 0.324 e. The molecule has 5 aromatic rings. The number of pyridine rings is 1. The highest BCUT2D eigenvalue weighted by Gasteiger charge is 2.18. The zero-order chi connectivity index (χ0) is 25.5. The van der Waals surface area contributed by atoms with E-state index in [9.17, 15) is 4.79 Å². The van der Waals surface area contributed by atoms with Gasteiger partial charge in [0.15, 0.2) is 11.0 Å². The molecule has 0 atom stereocenters. The Hall–Kier alpha value is -3.59. The van der Waals surface area contributed by atoms with Gasteiger partial charge in [0.1, 0.15) is 0 Å². The Morgan fingerprint density at radius 3 is 2.43 bits per heavy atom. The number of aromatic nitrogens is 4. The summed E-state index contributed by atoms with van der Waals surface area (Å²) in [7, 11) is 0. The van der Waals surface area contributed by atoms with Crippen LogP contribution in [0, 0.1) is 0 Å². The molecule has 0 aliphatic rings. The molecule has 0 fully saturated rings. The number of carbonyl (C=O) groups is 1. The molecule has 1 amide bonds. The molecule has 3 aromatic carbocycles. The first-order valence-corrected chi connectivity index (χ1v) is 13.8. The number of anilines is 1. The molecule has 0 saturated carbocycles. The van der Waals surface area contributed by atoms with Crippen LogP contribution < -0.4 is 5.32 Å². The number of hydrogen-bond donors (Lipinski definition) is 1. The van der Waals surface area contributed by atoms with Gasteiger partial charge in [0.05, 0.1) is 11.4 Å². The Morgan fingerprint density at radius 2 is 1.65 bits per heavy atom. The standard InChI is InChI=1S/C28H22ClN5OS2/c29-22-14-12-20(13-15-22)18-36-25-11-5-4-10-24(25)31-26(35)19-37-28-33-32-27(21-7-6-16-30-17-21)34(28)23-8-2-1-3-9-23/h1-17H,18-19H2,(H,31,35). The molecule has 0 radical (unpaired) electrons. The average molecular weight is 544 g/mol. The smallest absolute Gasteiger partial charge is 0.234 e. The summed E-state index contributed by atoms with van der Waals surface area (Å²) in [6, 6.07) is 29.3. The summed E-state index contributed by atoms with van der Waals surface area (Å²) in [6.07, 6.45) is 3.47. The van der Waals surface area contributed by atoms with E-state index in [1.807, 2.05) is 95.6 Å². The summed E-state index contributed by atoms with van der Waals surface area (Å²) in [5.41, 5.74) is 3.71. The summed E-state index contributed by atoms with van der Waals surface area (Å²) in [5.74, 6) is 1.52. The van der Waals surface area contributed by atoms with Crippen LogP contribution in [0.4, 0.5) is 5.69 Å². The maximum atomic E-state index is 13.0. The monoisotopic (exact) mass is 543 g/mol. The van der Waals surface area contributed by atoms with Crippen molar-refractivity contribution in [2.45, 2.75) is 15.8 Å². The Bertz CT molecular complexity index is 1480. The van der Waals surface area contributed by atoms with Crippen molar-refractivity contribution in [3.05, 3.63) is 114 Å². The van der Waals surface area contributed by atoms with Gasteiger partial charge in [-0.25, -0.2) is 0 Å². The van der Waals surface area contributed by atoms with Crippen molar-refractivity contribution in [3.63, 3.8) is 0 Å². The van der Waals surface area contributed by atoms with Crippen LogP contribution in [0.15, 0.2) is 113 Å². The Morgan fingerprint density at radius 1 is 0.865 bits per heavy atom. The van der Waals surface area contributed by atoms with Gasteiger partial charge in [0, 0.05) is 39.3 Å². The molecule has 0 bridgehead atoms. The maximum Gasteiger partial charge on any atom is 0.234 e. The van der Waals surface area contributed by atoms with Gasteiger partial charge in [-0.05, 0) is 54.1 Å². The molecule has 9 heteroatoms. The number of rotatable bonds is 9. The summed E-state index contributed by atoms with van der Waals surface area (Å²) in [6.45, 7) is 0. The topological polar surface area (TPSA) is 72.7 Å². The van der Waals surface area contributed by atoms with Crippen molar-refractivity contribution in [2.75, 3.05) is 11.1 Å². The number of thioether (sulfide) groups is 2. The van der Waals surface area contributed by atoms with Crippen molar-refractivity contribution in [2.24, 2.45) is 0 Å². The normalized spacial score (nSPS) is 10.8. The van der Waals surface area contributed by atoms with Crippen LogP contribution in [0.2, 0.25) is 5.02 Å². The van der Waals surface area contributed by atoms with E-state index in [0.717, 1.165) is 38.2 Å². The second-order valence-corrected chi connectivity index (χ2v) is 10.4. The van der Waals surface area contributed by atoms with E-state index in [2.05, 4.69) is 20.5 Å². The third-order valence-electron chi connectivity index (χ3n) is 5.37. The van der Waals surface area contributed by atoms with E-state index in [0.29, 0.717) is 11.0 Å². The average Bonchev–Trinajstić information content (AvgIpc) is 3.37. The van der Waals surface area contributed by atoms with E-state index < -0.39 is 0 Å². The van der Waals surface area contributed by atoms with Crippen molar-refractivity contribution >= 4 is 46.7 Å². The molecule has 2 aromatic heterocycles. The van der Waals surface area contributed by atoms with Crippen LogP contribution >= 0.6 is 35.1 Å². The summed E-state index contributed by atoms with van der Waals surface area (Å²) < 4.78 is 1.95. The molecule has 6 nitrogen and oxygen atoms in total. The van der Waals surface area contributed by atoms with Crippen LogP contribution in [-0.4, -0.2) is 31.4 Å². The molecular formula is C28H22ClN5OS2. The molecule has 37 heavy (non-hydrogen) atoms. The van der Waals surface area contributed by atoms with Gasteiger partial charge in [-0.15, -0.1) is 22.0 Å². The third kappa shape index (κ3) is 6.40. The lowest BCUT2D eigenvalue weighted by atomic mass is 10.2. The van der Waals surface area contributed by atoms with Gasteiger partial charge >= 0.3 is 0 Å². The predicted molar refractivity (Wildman–Crippen MR) is 151 cm³/mol. The highest BCUT2D eigenvalue weighted by Crippen LogP contribution is 2.31. The number of hydrogen-bond acceptors (Lipinski definition) is 6. The van der Waals surface area contributed by atoms with E-state index >= 15 is 0 Å². The quantitative estimate of drug-likeness (QED) is 0.202. The second-order valence-electron chi connectivity index (χ2n) is 7.97. The van der Waals surface area contributed by atoms with Crippen LogP contribution in [0.1, 0.15) is 5.56 Å². The molecule has 1 N–H and O–H groups in total. The first-order valence-electron chi connectivity index (χ1n) is 11.5. The van der Waals surface area contributed by atoms with E-state index in [4.69, 9.17) is 11.6 Å². The molecule has 184 valence electrons. The zero-order valence-corrected chi connectivity index (χ0v) is 22.0. The van der Waals surface area contributed by atoms with E-state index in [1.54, 1.807) is 24.2 Å². The molecule has 0 aliphatic carbocycles. The van der Waals surface area contributed by atoms with Gasteiger partial charge in [0.2, 0.25) is 5.91 Å². The Labute approximate surface area is 228 Å². The summed E-state index contributed by atoms with van der Waals surface area (Å²) in [4.78, 5) is 18.2. The minimum Gasteiger partial charge on any atom is -0.324 e. The first kappa shape index (κ1) is 25.1. The van der Waals surface area contributed by atoms with Crippen molar-refractivity contribution in [3.8, 4) is 17.1 Å². The molecule has 0 unspecified atom stereocenters. The molecule has 0 spiro atoms. The number of nitrogens with zero attached hydrogens (tertiary/aromatic N) is 4. The lowest BCUT2D eigenvalue weighted by Gasteiger charge is -2.12. The van der Waals surface area contributed by atoms with Crippen LogP contribution in [0.25, 0.3) is 17.1 Å². The first-order chi connectivity index (χ1) is 18.2. The summed E-state index contributed by atoms with van der Waals surface area (Å²) in [5, 5.41) is 13.2. The lowest BCUT2D eigenvalue weighted by Crippen LogP contribution is -2.15. The van der Waals surface area contributed by atoms with E-state index in [-0.39, 0.29) is 11.7 Å². The summed E-state index contributed by atoms with van der Waals surface area (Å²) >= 11 is 9.00. The number of carbonyl (C=O) groups excluding carboxylic acids is 1. The fraction of sp³-hybridized carbons (Fsp3) is 0.0714. The highest BCUT2D eigenvalue weighted by atomic mass is 35.5. The van der Waals surface area contributed by atoms with Gasteiger partial charge in [-0.1, -0.05) is 65.8 Å². The number of para-hydroxylation sites is 2. The molecule has 0 aliphatic heterocycles. The maximum absolute atomic E-state index is 13.0. The van der Waals surface area contributed by atoms with Crippen molar-refractivity contribution in [1.29, 1.82) is 0 Å². The second kappa shape index (κ2) is 12.1. The number of benzene rings is 3. The van der Waals surface area contributed by atoms with E-state index in [1.165, 1.54) is 11.8 Å². The number of nitrogens with one attached hydrogen (secondary N) is 1. The van der Waals surface area contributed by atoms with Crippen molar-refractivity contribution < 1.29 is 4.79 Å². The number of amides is 1. The van der Waals surface area contributed by atoms with Gasteiger partial charge in [-0.2, -0.15) is 0 Å². The minimum atomic E-state index is -0.116. The Kier molecular flexibility index (Phi) is 8.20. The molecule has 0 saturated heterocycles. The van der Waals surface area contributed by atoms with Gasteiger partial charge < -0.3 is 5.32 Å². The third-order valence-corrected chi connectivity index (χ3v) is 7.69. The van der Waals surface area contributed by atoms with Crippen LogP contribution in [-0.2, 0) is 10.5 Å².